The average Bonchev–Trinajstić information content (AvgIpc) is 3.21. The van der Waals surface area contributed by atoms with Gasteiger partial charge in [-0.25, -0.2) is 4.79 Å². The molecule has 0 bridgehead atoms. The molecule has 1 aromatic heterocycles. The minimum absolute atomic E-state index is 0.162. The van der Waals surface area contributed by atoms with Crippen molar-refractivity contribution in [2.45, 2.75) is 19.2 Å². The number of ether oxygens (including phenoxy) is 1. The van der Waals surface area contributed by atoms with E-state index in [1.165, 1.54) is 0 Å². The third kappa shape index (κ3) is 4.71. The Balaban J connectivity index is 1.67. The van der Waals surface area contributed by atoms with Crippen molar-refractivity contribution in [2.75, 3.05) is 7.11 Å². The molecule has 0 fully saturated rings. The van der Waals surface area contributed by atoms with Crippen LogP contribution in [0.4, 0.5) is 4.79 Å². The van der Waals surface area contributed by atoms with Gasteiger partial charge in [0.25, 0.3) is 0 Å². The van der Waals surface area contributed by atoms with Crippen LogP contribution in [0.3, 0.4) is 0 Å². The molecule has 1 heterocycles. The maximum absolute atomic E-state index is 12.5. The highest BCUT2D eigenvalue weighted by Gasteiger charge is 2.17. The summed E-state index contributed by atoms with van der Waals surface area (Å²) >= 11 is 1.63. The zero-order valence-electron chi connectivity index (χ0n) is 14.6. The van der Waals surface area contributed by atoms with E-state index < -0.39 is 0 Å². The first-order valence-corrected chi connectivity index (χ1v) is 9.34. The molecule has 1 atom stereocenters. The van der Waals surface area contributed by atoms with Crippen LogP contribution in [0.15, 0.2) is 72.1 Å². The van der Waals surface area contributed by atoms with Crippen molar-refractivity contribution >= 4 is 17.4 Å². The average molecular weight is 366 g/mol. The van der Waals surface area contributed by atoms with Gasteiger partial charge in [-0.1, -0.05) is 60.7 Å². The molecule has 0 saturated heterocycles. The van der Waals surface area contributed by atoms with E-state index in [1.807, 2.05) is 72.1 Å². The SMILES string of the molecule is COCc1ccccc1CNC(=O)N[C@@H](c1ccccc1)c1cccs1. The highest BCUT2D eigenvalue weighted by atomic mass is 32.1. The molecule has 2 amide bonds. The molecule has 5 heteroatoms. The summed E-state index contributed by atoms with van der Waals surface area (Å²) in [5, 5.41) is 8.07. The van der Waals surface area contributed by atoms with E-state index in [1.54, 1.807) is 18.4 Å². The summed E-state index contributed by atoms with van der Waals surface area (Å²) in [6, 6.07) is 21.6. The summed E-state index contributed by atoms with van der Waals surface area (Å²) < 4.78 is 5.22. The van der Waals surface area contributed by atoms with Gasteiger partial charge in [0.1, 0.15) is 0 Å². The Morgan fingerprint density at radius 2 is 1.73 bits per heavy atom. The number of benzene rings is 2. The van der Waals surface area contributed by atoms with Gasteiger partial charge in [-0.15, -0.1) is 11.3 Å². The van der Waals surface area contributed by atoms with Crippen molar-refractivity contribution in [2.24, 2.45) is 0 Å². The van der Waals surface area contributed by atoms with Crippen LogP contribution < -0.4 is 10.6 Å². The molecule has 2 aromatic carbocycles. The third-order valence-electron chi connectivity index (χ3n) is 4.09. The maximum Gasteiger partial charge on any atom is 0.315 e. The fourth-order valence-electron chi connectivity index (χ4n) is 2.80. The number of methoxy groups -OCH3 is 1. The highest BCUT2D eigenvalue weighted by molar-refractivity contribution is 7.10. The van der Waals surface area contributed by atoms with Crippen LogP contribution >= 0.6 is 11.3 Å². The summed E-state index contributed by atoms with van der Waals surface area (Å²) in [5.41, 5.74) is 3.19. The number of thiophene rings is 1. The summed E-state index contributed by atoms with van der Waals surface area (Å²) in [5.74, 6) is 0. The number of hydrogen-bond donors (Lipinski definition) is 2. The number of nitrogens with one attached hydrogen (secondary N) is 2. The number of amides is 2. The van der Waals surface area contributed by atoms with Crippen LogP contribution in [-0.2, 0) is 17.9 Å². The molecular formula is C21H22N2O2S. The van der Waals surface area contributed by atoms with Gasteiger partial charge < -0.3 is 15.4 Å². The largest absolute Gasteiger partial charge is 0.380 e. The molecule has 4 nitrogen and oxygen atoms in total. The van der Waals surface area contributed by atoms with E-state index in [9.17, 15) is 4.79 Å². The van der Waals surface area contributed by atoms with E-state index in [0.29, 0.717) is 13.2 Å². The molecule has 26 heavy (non-hydrogen) atoms. The third-order valence-corrected chi connectivity index (χ3v) is 5.03. The lowest BCUT2D eigenvalue weighted by molar-refractivity contribution is 0.184. The first kappa shape index (κ1) is 18.2. The van der Waals surface area contributed by atoms with Crippen molar-refractivity contribution in [1.29, 1.82) is 0 Å². The van der Waals surface area contributed by atoms with Crippen molar-refractivity contribution in [1.82, 2.24) is 10.6 Å². The lowest BCUT2D eigenvalue weighted by atomic mass is 10.1. The van der Waals surface area contributed by atoms with Gasteiger partial charge in [-0.3, -0.25) is 0 Å². The molecule has 3 rings (SSSR count). The standard InChI is InChI=1S/C21H22N2O2S/c1-25-15-18-11-6-5-10-17(18)14-22-21(24)23-20(19-12-7-13-26-19)16-8-3-2-4-9-16/h2-13,20H,14-15H2,1H3,(H2,22,23,24)/t20-/m0/s1. The number of carbonyl (C=O) groups is 1. The molecule has 0 spiro atoms. The second-order valence-corrected chi connectivity index (χ2v) is 6.87. The summed E-state index contributed by atoms with van der Waals surface area (Å²) in [6.07, 6.45) is 0. The van der Waals surface area contributed by atoms with Crippen molar-refractivity contribution in [3.8, 4) is 0 Å². The Morgan fingerprint density at radius 3 is 2.42 bits per heavy atom. The summed E-state index contributed by atoms with van der Waals surface area (Å²) in [7, 11) is 1.67. The monoisotopic (exact) mass is 366 g/mol. The summed E-state index contributed by atoms with van der Waals surface area (Å²) in [4.78, 5) is 13.6. The van der Waals surface area contributed by atoms with Crippen LogP contribution in [0.25, 0.3) is 0 Å². The Hall–Kier alpha value is -2.63. The van der Waals surface area contributed by atoms with E-state index in [0.717, 1.165) is 21.6 Å². The van der Waals surface area contributed by atoms with E-state index in [4.69, 9.17) is 4.74 Å². The molecule has 0 unspecified atom stereocenters. The molecule has 3 aromatic rings. The first-order chi connectivity index (χ1) is 12.8. The van der Waals surface area contributed by atoms with Gasteiger partial charge in [-0.2, -0.15) is 0 Å². The zero-order valence-corrected chi connectivity index (χ0v) is 15.5. The lowest BCUT2D eigenvalue weighted by Gasteiger charge is -2.19. The van der Waals surface area contributed by atoms with Crippen molar-refractivity contribution < 1.29 is 9.53 Å². The Bertz CT molecular complexity index is 819. The minimum atomic E-state index is -0.195. The van der Waals surface area contributed by atoms with Crippen molar-refractivity contribution in [3.63, 3.8) is 0 Å². The zero-order chi connectivity index (χ0) is 18.2. The summed E-state index contributed by atoms with van der Waals surface area (Å²) in [6.45, 7) is 0.985. The fraction of sp³-hybridized carbons (Fsp3) is 0.190. The molecule has 134 valence electrons. The molecular weight excluding hydrogens is 344 g/mol. The Kier molecular flexibility index (Phi) is 6.41. The van der Waals surface area contributed by atoms with Gasteiger partial charge in [-0.05, 0) is 28.1 Å². The predicted molar refractivity (Wildman–Crippen MR) is 105 cm³/mol. The number of urea groups is 1. The Labute approximate surface area is 157 Å². The van der Waals surface area contributed by atoms with Gasteiger partial charge in [0.05, 0.1) is 12.6 Å². The quantitative estimate of drug-likeness (QED) is 0.648. The molecule has 2 N–H and O–H groups in total. The van der Waals surface area contributed by atoms with Gasteiger partial charge in [0.2, 0.25) is 0 Å². The number of hydrogen-bond acceptors (Lipinski definition) is 3. The van der Waals surface area contributed by atoms with Crippen LogP contribution in [0.1, 0.15) is 27.6 Å². The normalized spacial score (nSPS) is 11.7. The first-order valence-electron chi connectivity index (χ1n) is 8.46. The molecule has 0 aliphatic carbocycles. The van der Waals surface area contributed by atoms with Gasteiger partial charge >= 0.3 is 6.03 Å². The van der Waals surface area contributed by atoms with Crippen LogP contribution in [0.5, 0.6) is 0 Å². The second-order valence-electron chi connectivity index (χ2n) is 5.89. The van der Waals surface area contributed by atoms with Gasteiger partial charge in [0.15, 0.2) is 0 Å². The fourth-order valence-corrected chi connectivity index (χ4v) is 3.61. The molecule has 0 aliphatic heterocycles. The molecule has 0 radical (unpaired) electrons. The van der Waals surface area contributed by atoms with E-state index in [2.05, 4.69) is 10.6 Å². The van der Waals surface area contributed by atoms with E-state index in [-0.39, 0.29) is 12.1 Å². The molecule has 0 aliphatic rings. The highest BCUT2D eigenvalue weighted by Crippen LogP contribution is 2.25. The predicted octanol–water partition coefficient (Wildman–Crippen LogP) is 4.48. The number of carbonyl (C=O) groups excluding carboxylic acids is 1. The van der Waals surface area contributed by atoms with Crippen LogP contribution in [-0.4, -0.2) is 13.1 Å². The minimum Gasteiger partial charge on any atom is -0.380 e. The van der Waals surface area contributed by atoms with Crippen LogP contribution in [0.2, 0.25) is 0 Å². The van der Waals surface area contributed by atoms with Crippen molar-refractivity contribution in [3.05, 3.63) is 93.7 Å². The maximum atomic E-state index is 12.5. The Morgan fingerprint density at radius 1 is 1.00 bits per heavy atom. The lowest BCUT2D eigenvalue weighted by Crippen LogP contribution is -2.38. The smallest absolute Gasteiger partial charge is 0.315 e. The topological polar surface area (TPSA) is 50.4 Å². The number of rotatable bonds is 7. The molecule has 0 saturated carbocycles. The van der Waals surface area contributed by atoms with Gasteiger partial charge in [0, 0.05) is 18.5 Å². The van der Waals surface area contributed by atoms with Crippen LogP contribution in [0, 0.1) is 0 Å². The second kappa shape index (κ2) is 9.17. The van der Waals surface area contributed by atoms with E-state index >= 15 is 0 Å².